The van der Waals surface area contributed by atoms with Gasteiger partial charge in [0.1, 0.15) is 5.60 Å². The lowest BCUT2D eigenvalue weighted by molar-refractivity contribution is -0.146. The lowest BCUT2D eigenvalue weighted by Gasteiger charge is -2.45. The maximum Gasteiger partial charge on any atom is 0.410 e. The van der Waals surface area contributed by atoms with Gasteiger partial charge in [-0.1, -0.05) is 20.8 Å². The average Bonchev–Trinajstić information content (AvgIpc) is 2.10. The molecule has 0 spiro atoms. The Labute approximate surface area is 115 Å². The van der Waals surface area contributed by atoms with Crippen molar-refractivity contribution in [3.8, 4) is 0 Å². The van der Waals surface area contributed by atoms with E-state index in [1.165, 1.54) is 0 Å². The fourth-order valence-electron chi connectivity index (χ4n) is 1.82. The Morgan fingerprint density at radius 1 is 1.11 bits per heavy atom. The van der Waals surface area contributed by atoms with Crippen molar-refractivity contribution in [2.75, 3.05) is 20.1 Å². The van der Waals surface area contributed by atoms with Crippen LogP contribution in [0, 0.1) is 5.41 Å². The van der Waals surface area contributed by atoms with Crippen LogP contribution in [0.3, 0.4) is 0 Å². The molecule has 5 heteroatoms. The second-order valence-electron chi connectivity index (χ2n) is 7.21. The first-order chi connectivity index (χ1) is 8.42. The van der Waals surface area contributed by atoms with Gasteiger partial charge in [0, 0.05) is 25.6 Å². The second kappa shape index (κ2) is 5.02. The van der Waals surface area contributed by atoms with E-state index in [1.807, 2.05) is 41.5 Å². The van der Waals surface area contributed by atoms with E-state index in [4.69, 9.17) is 4.74 Å². The molecule has 1 heterocycles. The molecule has 0 N–H and O–H groups in total. The molecule has 1 aliphatic heterocycles. The molecule has 1 rings (SSSR count). The Hall–Kier alpha value is -1.26. The monoisotopic (exact) mass is 270 g/mol. The van der Waals surface area contributed by atoms with Gasteiger partial charge in [-0.3, -0.25) is 4.79 Å². The highest BCUT2D eigenvalue weighted by molar-refractivity contribution is 5.82. The summed E-state index contributed by atoms with van der Waals surface area (Å²) in [6.45, 7) is 12.4. The third-order valence-corrected chi connectivity index (χ3v) is 3.02. The van der Waals surface area contributed by atoms with Gasteiger partial charge in [-0.2, -0.15) is 0 Å². The smallest absolute Gasteiger partial charge is 0.410 e. The summed E-state index contributed by atoms with van der Waals surface area (Å²) in [5, 5.41) is 0. The Balaban J connectivity index is 2.46. The Morgan fingerprint density at radius 3 is 1.95 bits per heavy atom. The predicted molar refractivity (Wildman–Crippen MR) is 73.8 cm³/mol. The van der Waals surface area contributed by atoms with Gasteiger partial charge in [0.05, 0.1) is 6.04 Å². The Morgan fingerprint density at radius 2 is 1.58 bits per heavy atom. The average molecular weight is 270 g/mol. The first-order valence-electron chi connectivity index (χ1n) is 6.67. The van der Waals surface area contributed by atoms with Gasteiger partial charge in [-0.15, -0.1) is 0 Å². The number of likely N-dealkylation sites (N-methyl/N-ethyl adjacent to an activating group) is 1. The quantitative estimate of drug-likeness (QED) is 0.733. The van der Waals surface area contributed by atoms with Crippen LogP contribution in [0.2, 0.25) is 0 Å². The van der Waals surface area contributed by atoms with Crippen LogP contribution >= 0.6 is 0 Å². The number of hydrogen-bond acceptors (Lipinski definition) is 3. The van der Waals surface area contributed by atoms with Crippen molar-refractivity contribution >= 4 is 12.0 Å². The SMILES string of the molecule is CN(C(=O)OC(C)(C)C)C1CN(C(=O)C(C)(C)C)C1. The van der Waals surface area contributed by atoms with E-state index >= 15 is 0 Å². The summed E-state index contributed by atoms with van der Waals surface area (Å²) in [5.74, 6) is 0.126. The number of amides is 2. The van der Waals surface area contributed by atoms with Gasteiger partial charge < -0.3 is 14.5 Å². The number of nitrogens with zero attached hydrogens (tertiary/aromatic N) is 2. The fourth-order valence-corrected chi connectivity index (χ4v) is 1.82. The van der Waals surface area contributed by atoms with E-state index in [0.29, 0.717) is 13.1 Å². The van der Waals surface area contributed by atoms with Crippen LogP contribution in [-0.4, -0.2) is 53.6 Å². The minimum atomic E-state index is -0.490. The topological polar surface area (TPSA) is 49.9 Å². The maximum atomic E-state index is 12.0. The fraction of sp³-hybridized carbons (Fsp3) is 0.857. The van der Waals surface area contributed by atoms with Crippen molar-refractivity contribution in [2.24, 2.45) is 5.41 Å². The first-order valence-corrected chi connectivity index (χ1v) is 6.67. The Kier molecular flexibility index (Phi) is 4.17. The second-order valence-corrected chi connectivity index (χ2v) is 7.21. The molecular formula is C14H26N2O3. The van der Waals surface area contributed by atoms with E-state index in [9.17, 15) is 9.59 Å². The van der Waals surface area contributed by atoms with E-state index < -0.39 is 5.60 Å². The van der Waals surface area contributed by atoms with E-state index in [1.54, 1.807) is 16.8 Å². The molecule has 0 unspecified atom stereocenters. The van der Waals surface area contributed by atoms with Crippen molar-refractivity contribution in [1.82, 2.24) is 9.80 Å². The molecule has 1 fully saturated rings. The van der Waals surface area contributed by atoms with Crippen molar-refractivity contribution in [3.05, 3.63) is 0 Å². The zero-order valence-corrected chi connectivity index (χ0v) is 13.1. The third kappa shape index (κ3) is 4.11. The highest BCUT2D eigenvalue weighted by Crippen LogP contribution is 2.24. The molecule has 0 saturated carbocycles. The zero-order valence-electron chi connectivity index (χ0n) is 13.1. The molecule has 0 aromatic carbocycles. The molecule has 110 valence electrons. The van der Waals surface area contributed by atoms with Crippen LogP contribution in [0.5, 0.6) is 0 Å². The summed E-state index contributed by atoms with van der Waals surface area (Å²) < 4.78 is 5.30. The normalized spacial score (nSPS) is 16.9. The maximum absolute atomic E-state index is 12.0. The lowest BCUT2D eigenvalue weighted by Crippen LogP contribution is -2.63. The minimum absolute atomic E-state index is 0.0566. The molecule has 0 aliphatic carbocycles. The number of carbonyl (C=O) groups is 2. The summed E-state index contributed by atoms with van der Waals surface area (Å²) in [6, 6.07) is 0.0566. The first kappa shape index (κ1) is 15.8. The molecule has 0 aromatic rings. The largest absolute Gasteiger partial charge is 0.444 e. The molecule has 5 nitrogen and oxygen atoms in total. The van der Waals surface area contributed by atoms with Crippen molar-refractivity contribution in [1.29, 1.82) is 0 Å². The van der Waals surface area contributed by atoms with Crippen LogP contribution in [0.25, 0.3) is 0 Å². The number of carbonyl (C=O) groups excluding carboxylic acids is 2. The van der Waals surface area contributed by atoms with Crippen LogP contribution in [0.4, 0.5) is 4.79 Å². The molecule has 0 radical (unpaired) electrons. The minimum Gasteiger partial charge on any atom is -0.444 e. The molecule has 2 amide bonds. The highest BCUT2D eigenvalue weighted by Gasteiger charge is 2.40. The Bertz CT molecular complexity index is 360. The zero-order chi connectivity index (χ0) is 15.0. The summed E-state index contributed by atoms with van der Waals surface area (Å²) in [7, 11) is 1.72. The highest BCUT2D eigenvalue weighted by atomic mass is 16.6. The van der Waals surface area contributed by atoms with Crippen molar-refractivity contribution in [3.63, 3.8) is 0 Å². The van der Waals surface area contributed by atoms with Crippen LogP contribution < -0.4 is 0 Å². The van der Waals surface area contributed by atoms with Gasteiger partial charge in [0.15, 0.2) is 0 Å². The van der Waals surface area contributed by atoms with E-state index in [2.05, 4.69) is 0 Å². The summed E-state index contributed by atoms with van der Waals surface area (Å²) >= 11 is 0. The standard InChI is InChI=1S/C14H26N2O3/c1-13(2,3)11(17)16-8-10(9-16)15(7)12(18)19-14(4,5)6/h10H,8-9H2,1-7H3. The van der Waals surface area contributed by atoms with Gasteiger partial charge in [0.25, 0.3) is 0 Å². The molecule has 0 atom stereocenters. The number of likely N-dealkylation sites (tertiary alicyclic amines) is 1. The molecule has 1 aliphatic rings. The van der Waals surface area contributed by atoms with Crippen molar-refractivity contribution < 1.29 is 14.3 Å². The van der Waals surface area contributed by atoms with Crippen molar-refractivity contribution in [2.45, 2.75) is 53.2 Å². The van der Waals surface area contributed by atoms with Gasteiger partial charge in [0.2, 0.25) is 5.91 Å². The van der Waals surface area contributed by atoms with E-state index in [0.717, 1.165) is 0 Å². The summed E-state index contributed by atoms with van der Waals surface area (Å²) in [4.78, 5) is 27.2. The van der Waals surface area contributed by atoms with Gasteiger partial charge in [-0.25, -0.2) is 4.79 Å². The lowest BCUT2D eigenvalue weighted by atomic mass is 9.92. The number of rotatable bonds is 1. The van der Waals surface area contributed by atoms with E-state index in [-0.39, 0.29) is 23.5 Å². The van der Waals surface area contributed by atoms with Crippen LogP contribution in [-0.2, 0) is 9.53 Å². The number of hydrogen-bond donors (Lipinski definition) is 0. The molecule has 0 aromatic heterocycles. The van der Waals surface area contributed by atoms with Gasteiger partial charge >= 0.3 is 6.09 Å². The van der Waals surface area contributed by atoms with Crippen LogP contribution in [0.1, 0.15) is 41.5 Å². The summed E-state index contributed by atoms with van der Waals surface area (Å²) in [6.07, 6.45) is -0.333. The van der Waals surface area contributed by atoms with Gasteiger partial charge in [-0.05, 0) is 20.8 Å². The third-order valence-electron chi connectivity index (χ3n) is 3.02. The molecule has 0 bridgehead atoms. The summed E-state index contributed by atoms with van der Waals surface area (Å²) in [5.41, 5.74) is -0.856. The number of ether oxygens (including phenoxy) is 1. The molecule has 1 saturated heterocycles. The molecular weight excluding hydrogens is 244 g/mol. The molecule has 19 heavy (non-hydrogen) atoms. The van der Waals surface area contributed by atoms with Crippen LogP contribution in [0.15, 0.2) is 0 Å². The predicted octanol–water partition coefficient (Wildman–Crippen LogP) is 2.11.